The van der Waals surface area contributed by atoms with E-state index in [2.05, 4.69) is 5.32 Å². The summed E-state index contributed by atoms with van der Waals surface area (Å²) >= 11 is 0. The van der Waals surface area contributed by atoms with Crippen molar-refractivity contribution in [3.05, 3.63) is 35.4 Å². The fourth-order valence-electron chi connectivity index (χ4n) is 2.08. The van der Waals surface area contributed by atoms with Crippen molar-refractivity contribution in [3.63, 3.8) is 0 Å². The molecule has 2 N–H and O–H groups in total. The molecule has 1 aromatic rings. The molecule has 23 heavy (non-hydrogen) atoms. The first kappa shape index (κ1) is 19.5. The molecule has 0 aromatic heterocycles. The molecular weight excluding hydrogens is 304 g/mol. The average Bonchev–Trinajstić information content (AvgIpc) is 2.35. The van der Waals surface area contributed by atoms with Gasteiger partial charge in [-0.15, -0.1) is 0 Å². The topological polar surface area (TPSA) is 58.6 Å². The minimum atomic E-state index is -1.20. The Hall–Kier alpha value is -1.53. The van der Waals surface area contributed by atoms with Crippen LogP contribution in [0.25, 0.3) is 0 Å². The van der Waals surface area contributed by atoms with Gasteiger partial charge in [0.1, 0.15) is 23.3 Å². The number of esters is 1. The predicted octanol–water partition coefficient (Wildman–Crippen LogP) is 2.95. The SMILES string of the molecule is CC(C)[C@@H](NCC(O)c1ccc(F)cc1F)C(=O)OC(C)(C)C. The van der Waals surface area contributed by atoms with Crippen LogP contribution in [0.5, 0.6) is 0 Å². The minimum absolute atomic E-state index is 0.0226. The molecule has 0 spiro atoms. The number of halogens is 2. The van der Waals surface area contributed by atoms with Crippen molar-refractivity contribution in [1.82, 2.24) is 5.32 Å². The second-order valence-electron chi connectivity index (χ2n) is 6.85. The van der Waals surface area contributed by atoms with Crippen LogP contribution in [-0.4, -0.2) is 29.3 Å². The Morgan fingerprint density at radius 2 is 1.91 bits per heavy atom. The molecule has 130 valence electrons. The van der Waals surface area contributed by atoms with E-state index in [4.69, 9.17) is 4.74 Å². The van der Waals surface area contributed by atoms with Crippen molar-refractivity contribution >= 4 is 5.97 Å². The zero-order valence-corrected chi connectivity index (χ0v) is 14.2. The number of rotatable bonds is 6. The third-order valence-corrected chi connectivity index (χ3v) is 3.18. The number of ether oxygens (including phenoxy) is 1. The van der Waals surface area contributed by atoms with E-state index < -0.39 is 35.4 Å². The molecular formula is C17H25F2NO3. The highest BCUT2D eigenvalue weighted by atomic mass is 19.1. The smallest absolute Gasteiger partial charge is 0.323 e. The maximum absolute atomic E-state index is 13.6. The van der Waals surface area contributed by atoms with Crippen molar-refractivity contribution in [2.45, 2.75) is 52.4 Å². The summed E-state index contributed by atoms with van der Waals surface area (Å²) in [6.07, 6.45) is -1.20. The fourth-order valence-corrected chi connectivity index (χ4v) is 2.08. The van der Waals surface area contributed by atoms with Gasteiger partial charge in [0.25, 0.3) is 0 Å². The second kappa shape index (κ2) is 7.84. The lowest BCUT2D eigenvalue weighted by atomic mass is 10.0. The van der Waals surface area contributed by atoms with Gasteiger partial charge in [0, 0.05) is 18.2 Å². The van der Waals surface area contributed by atoms with E-state index in [1.165, 1.54) is 6.07 Å². The van der Waals surface area contributed by atoms with Crippen LogP contribution < -0.4 is 5.32 Å². The first-order valence-corrected chi connectivity index (χ1v) is 7.60. The second-order valence-corrected chi connectivity index (χ2v) is 6.85. The molecule has 6 heteroatoms. The van der Waals surface area contributed by atoms with Crippen LogP contribution >= 0.6 is 0 Å². The van der Waals surface area contributed by atoms with Crippen LogP contribution in [0.3, 0.4) is 0 Å². The number of nitrogens with one attached hydrogen (secondary N) is 1. The lowest BCUT2D eigenvalue weighted by Crippen LogP contribution is -2.46. The van der Waals surface area contributed by atoms with Crippen molar-refractivity contribution in [2.75, 3.05) is 6.54 Å². The van der Waals surface area contributed by atoms with Crippen LogP contribution in [0.4, 0.5) is 8.78 Å². The van der Waals surface area contributed by atoms with Gasteiger partial charge in [0.2, 0.25) is 0 Å². The molecule has 0 saturated carbocycles. The summed E-state index contributed by atoms with van der Waals surface area (Å²) in [6.45, 7) is 8.94. The van der Waals surface area contributed by atoms with Crippen LogP contribution in [0.15, 0.2) is 18.2 Å². The van der Waals surface area contributed by atoms with Crippen LogP contribution in [0, 0.1) is 17.6 Å². The van der Waals surface area contributed by atoms with E-state index in [9.17, 15) is 18.7 Å². The molecule has 0 bridgehead atoms. The van der Waals surface area contributed by atoms with Crippen molar-refractivity contribution in [2.24, 2.45) is 5.92 Å². The molecule has 0 aliphatic carbocycles. The molecule has 0 amide bonds. The Labute approximate surface area is 135 Å². The third kappa shape index (κ3) is 6.23. The number of aliphatic hydroxyl groups excluding tert-OH is 1. The third-order valence-electron chi connectivity index (χ3n) is 3.18. The van der Waals surface area contributed by atoms with Crippen LogP contribution in [0.2, 0.25) is 0 Å². The normalized spacial score (nSPS) is 14.7. The van der Waals surface area contributed by atoms with E-state index in [1.807, 2.05) is 13.8 Å². The number of aliphatic hydroxyl groups is 1. The summed E-state index contributed by atoms with van der Waals surface area (Å²) in [4.78, 5) is 12.2. The van der Waals surface area contributed by atoms with Crippen molar-refractivity contribution < 1.29 is 23.4 Å². The Balaban J connectivity index is 2.73. The van der Waals surface area contributed by atoms with Gasteiger partial charge in [-0.25, -0.2) is 8.78 Å². The van der Waals surface area contributed by atoms with Gasteiger partial charge in [-0.05, 0) is 32.8 Å². The Morgan fingerprint density at radius 1 is 1.30 bits per heavy atom. The first-order valence-electron chi connectivity index (χ1n) is 7.60. The highest BCUT2D eigenvalue weighted by molar-refractivity contribution is 5.76. The molecule has 0 radical (unpaired) electrons. The quantitative estimate of drug-likeness (QED) is 0.788. The van der Waals surface area contributed by atoms with Gasteiger partial charge in [0.15, 0.2) is 0 Å². The van der Waals surface area contributed by atoms with E-state index in [-0.39, 0.29) is 18.0 Å². The standard InChI is InChI=1S/C17H25F2NO3/c1-10(2)15(16(22)23-17(3,4)5)20-9-14(21)12-7-6-11(18)8-13(12)19/h6-8,10,14-15,20-21H,9H2,1-5H3/t14?,15-/m1/s1. The lowest BCUT2D eigenvalue weighted by Gasteiger charge is -2.27. The highest BCUT2D eigenvalue weighted by Gasteiger charge is 2.28. The molecule has 1 aromatic carbocycles. The number of hydrogen-bond donors (Lipinski definition) is 2. The Kier molecular flexibility index (Phi) is 6.65. The molecule has 1 rings (SSSR count). The summed E-state index contributed by atoms with van der Waals surface area (Å²) in [5, 5.41) is 13.0. The van der Waals surface area contributed by atoms with Crippen molar-refractivity contribution in [1.29, 1.82) is 0 Å². The molecule has 0 saturated heterocycles. The van der Waals surface area contributed by atoms with Gasteiger partial charge < -0.3 is 15.2 Å². The summed E-state index contributed by atoms with van der Waals surface area (Å²) in [5.41, 5.74) is -0.640. The zero-order valence-electron chi connectivity index (χ0n) is 14.2. The highest BCUT2D eigenvalue weighted by Crippen LogP contribution is 2.18. The number of hydrogen-bond acceptors (Lipinski definition) is 4. The minimum Gasteiger partial charge on any atom is -0.459 e. The summed E-state index contributed by atoms with van der Waals surface area (Å²) in [7, 11) is 0. The molecule has 0 fully saturated rings. The van der Waals surface area contributed by atoms with E-state index in [0.717, 1.165) is 6.07 Å². The number of carbonyl (C=O) groups is 1. The molecule has 0 heterocycles. The Morgan fingerprint density at radius 3 is 2.39 bits per heavy atom. The molecule has 4 nitrogen and oxygen atoms in total. The first-order chi connectivity index (χ1) is 10.5. The van der Waals surface area contributed by atoms with Crippen LogP contribution in [-0.2, 0) is 9.53 Å². The van der Waals surface area contributed by atoms with Gasteiger partial charge in [-0.3, -0.25) is 4.79 Å². The monoisotopic (exact) mass is 329 g/mol. The maximum atomic E-state index is 13.6. The van der Waals surface area contributed by atoms with E-state index in [1.54, 1.807) is 20.8 Å². The van der Waals surface area contributed by atoms with Gasteiger partial charge in [0.05, 0.1) is 6.10 Å². The fraction of sp³-hybridized carbons (Fsp3) is 0.588. The van der Waals surface area contributed by atoms with Gasteiger partial charge >= 0.3 is 5.97 Å². The zero-order chi connectivity index (χ0) is 17.8. The molecule has 0 aliphatic rings. The van der Waals surface area contributed by atoms with Gasteiger partial charge in [-0.1, -0.05) is 19.9 Å². The summed E-state index contributed by atoms with van der Waals surface area (Å²) in [6, 6.07) is 2.35. The van der Waals surface area contributed by atoms with Crippen LogP contribution in [0.1, 0.15) is 46.3 Å². The lowest BCUT2D eigenvalue weighted by molar-refractivity contribution is -0.158. The number of carbonyl (C=O) groups excluding carboxylic acids is 1. The predicted molar refractivity (Wildman–Crippen MR) is 83.8 cm³/mol. The summed E-state index contributed by atoms with van der Waals surface area (Å²) < 4.78 is 31.9. The summed E-state index contributed by atoms with van der Waals surface area (Å²) in [5.74, 6) is -2.03. The molecule has 2 atom stereocenters. The van der Waals surface area contributed by atoms with E-state index in [0.29, 0.717) is 6.07 Å². The molecule has 1 unspecified atom stereocenters. The largest absolute Gasteiger partial charge is 0.459 e. The van der Waals surface area contributed by atoms with Crippen molar-refractivity contribution in [3.8, 4) is 0 Å². The molecule has 0 aliphatic heterocycles. The van der Waals surface area contributed by atoms with Gasteiger partial charge in [-0.2, -0.15) is 0 Å². The van der Waals surface area contributed by atoms with E-state index >= 15 is 0 Å². The number of benzene rings is 1. The average molecular weight is 329 g/mol. The maximum Gasteiger partial charge on any atom is 0.323 e. The Bertz CT molecular complexity index is 541.